The normalized spacial score (nSPS) is 23.9. The van der Waals surface area contributed by atoms with Gasteiger partial charge in [0.1, 0.15) is 5.76 Å². The van der Waals surface area contributed by atoms with E-state index in [4.69, 9.17) is 4.42 Å². The minimum absolute atomic E-state index is 0.0578. The molecule has 0 aromatic carbocycles. The molecule has 3 N–H and O–H groups in total. The predicted octanol–water partition coefficient (Wildman–Crippen LogP) is 0.828. The fourth-order valence-corrected chi connectivity index (χ4v) is 3.11. The van der Waals surface area contributed by atoms with E-state index in [0.29, 0.717) is 18.2 Å². The van der Waals surface area contributed by atoms with Crippen molar-refractivity contribution in [1.29, 1.82) is 0 Å². The van der Waals surface area contributed by atoms with Gasteiger partial charge < -0.3 is 14.8 Å². The van der Waals surface area contributed by atoms with Crippen LogP contribution in [0, 0.1) is 5.92 Å². The molecule has 0 amide bonds. The number of aliphatic hydroxyl groups is 1. The number of furan rings is 1. The van der Waals surface area contributed by atoms with Crippen molar-refractivity contribution in [1.82, 2.24) is 10.0 Å². The van der Waals surface area contributed by atoms with Gasteiger partial charge in [0.2, 0.25) is 5.09 Å². The van der Waals surface area contributed by atoms with E-state index in [9.17, 15) is 13.5 Å². The summed E-state index contributed by atoms with van der Waals surface area (Å²) in [6.45, 7) is 1.37. The minimum atomic E-state index is -3.50. The first-order chi connectivity index (χ1) is 9.51. The molecule has 1 aliphatic rings. The molecular weight excluding hydrogens is 280 g/mol. The van der Waals surface area contributed by atoms with Crippen LogP contribution in [0.1, 0.15) is 31.4 Å². The van der Waals surface area contributed by atoms with Crippen molar-refractivity contribution in [3.05, 3.63) is 17.9 Å². The Balaban J connectivity index is 1.77. The maximum Gasteiger partial charge on any atom is 0.273 e. The summed E-state index contributed by atoms with van der Waals surface area (Å²) >= 11 is 0. The van der Waals surface area contributed by atoms with Gasteiger partial charge >= 0.3 is 0 Å². The molecule has 114 valence electrons. The van der Waals surface area contributed by atoms with Gasteiger partial charge in [-0.05, 0) is 57.3 Å². The molecule has 1 fully saturated rings. The van der Waals surface area contributed by atoms with Crippen molar-refractivity contribution in [3.8, 4) is 0 Å². The van der Waals surface area contributed by atoms with E-state index < -0.39 is 10.0 Å². The van der Waals surface area contributed by atoms with Gasteiger partial charge in [0.15, 0.2) is 0 Å². The molecule has 0 atom stereocenters. The molecule has 1 aromatic heterocycles. The average molecular weight is 302 g/mol. The Kier molecular flexibility index (Phi) is 5.20. The Labute approximate surface area is 119 Å². The lowest BCUT2D eigenvalue weighted by molar-refractivity contribution is 0.108. The number of hydrogen-bond acceptors (Lipinski definition) is 5. The second-order valence-corrected chi connectivity index (χ2v) is 7.05. The quantitative estimate of drug-likeness (QED) is 0.724. The number of sulfonamides is 1. The molecule has 1 heterocycles. The van der Waals surface area contributed by atoms with Crippen LogP contribution < -0.4 is 10.0 Å². The summed E-state index contributed by atoms with van der Waals surface area (Å²) in [4.78, 5) is 0. The van der Waals surface area contributed by atoms with Crippen molar-refractivity contribution in [2.45, 2.75) is 43.4 Å². The Morgan fingerprint density at radius 3 is 2.65 bits per heavy atom. The molecule has 0 spiro atoms. The molecule has 0 aliphatic heterocycles. The summed E-state index contributed by atoms with van der Waals surface area (Å²) in [6.07, 6.45) is 3.68. The molecule has 0 radical (unpaired) electrons. The third-order valence-corrected chi connectivity index (χ3v) is 5.01. The van der Waals surface area contributed by atoms with E-state index >= 15 is 0 Å². The van der Waals surface area contributed by atoms with Gasteiger partial charge in [0.05, 0.1) is 12.6 Å². The highest BCUT2D eigenvalue weighted by Crippen LogP contribution is 2.23. The average Bonchev–Trinajstić information content (AvgIpc) is 2.91. The molecule has 1 aromatic rings. The summed E-state index contributed by atoms with van der Waals surface area (Å²) in [7, 11) is -2.15. The topological polar surface area (TPSA) is 91.6 Å². The Morgan fingerprint density at radius 1 is 1.30 bits per heavy atom. The number of hydrogen-bond donors (Lipinski definition) is 3. The van der Waals surface area contributed by atoms with Crippen LogP contribution in [0.2, 0.25) is 0 Å². The van der Waals surface area contributed by atoms with E-state index in [1.165, 1.54) is 13.1 Å². The number of nitrogens with one attached hydrogen (secondary N) is 2. The molecule has 0 unspecified atom stereocenters. The van der Waals surface area contributed by atoms with Crippen LogP contribution in [0.15, 0.2) is 21.6 Å². The third-order valence-electron chi connectivity index (χ3n) is 3.72. The number of rotatable bonds is 6. The van der Waals surface area contributed by atoms with E-state index in [1.807, 2.05) is 0 Å². The first-order valence-electron chi connectivity index (χ1n) is 6.92. The van der Waals surface area contributed by atoms with Crippen LogP contribution in [0.25, 0.3) is 0 Å². The SMILES string of the molecule is CNS(=O)(=O)c1ccc(CNCC2CCC(O)CC2)o1. The lowest BCUT2D eigenvalue weighted by Gasteiger charge is -2.25. The second kappa shape index (κ2) is 6.71. The summed E-state index contributed by atoms with van der Waals surface area (Å²) in [6, 6.07) is 3.13. The second-order valence-electron chi connectivity index (χ2n) is 5.23. The molecule has 6 nitrogen and oxygen atoms in total. The molecule has 2 rings (SSSR count). The molecule has 20 heavy (non-hydrogen) atoms. The summed E-state index contributed by atoms with van der Waals surface area (Å²) < 4.78 is 30.5. The smallest absolute Gasteiger partial charge is 0.273 e. The van der Waals surface area contributed by atoms with Crippen LogP contribution in [0.5, 0.6) is 0 Å². The number of aliphatic hydroxyl groups excluding tert-OH is 1. The van der Waals surface area contributed by atoms with Crippen LogP contribution in [0.3, 0.4) is 0 Å². The van der Waals surface area contributed by atoms with Gasteiger partial charge in [0, 0.05) is 0 Å². The predicted molar refractivity (Wildman–Crippen MR) is 74.6 cm³/mol. The molecule has 7 heteroatoms. The van der Waals surface area contributed by atoms with Crippen LogP contribution in [-0.2, 0) is 16.6 Å². The van der Waals surface area contributed by atoms with Gasteiger partial charge in [-0.25, -0.2) is 13.1 Å². The molecule has 1 saturated carbocycles. The summed E-state index contributed by atoms with van der Waals surface area (Å²) in [5, 5.41) is 12.7. The highest BCUT2D eigenvalue weighted by Gasteiger charge is 2.19. The highest BCUT2D eigenvalue weighted by atomic mass is 32.2. The van der Waals surface area contributed by atoms with E-state index in [-0.39, 0.29) is 11.2 Å². The Hall–Kier alpha value is -0.890. The van der Waals surface area contributed by atoms with E-state index in [0.717, 1.165) is 32.2 Å². The molecule has 0 saturated heterocycles. The fourth-order valence-electron chi connectivity index (χ4n) is 2.45. The molecule has 1 aliphatic carbocycles. The molecular formula is C13H22N2O4S. The van der Waals surface area contributed by atoms with Crippen molar-refractivity contribution in [3.63, 3.8) is 0 Å². The maximum absolute atomic E-state index is 11.5. The first kappa shape index (κ1) is 15.5. The summed E-state index contributed by atoms with van der Waals surface area (Å²) in [5.41, 5.74) is 0. The third kappa shape index (κ3) is 4.05. The van der Waals surface area contributed by atoms with Gasteiger partial charge in [-0.2, -0.15) is 0 Å². The Bertz CT molecular complexity index is 518. The lowest BCUT2D eigenvalue weighted by Crippen LogP contribution is -2.27. The van der Waals surface area contributed by atoms with E-state index in [2.05, 4.69) is 10.0 Å². The zero-order chi connectivity index (χ0) is 14.6. The van der Waals surface area contributed by atoms with Crippen molar-refractivity contribution in [2.75, 3.05) is 13.6 Å². The van der Waals surface area contributed by atoms with Gasteiger partial charge in [-0.15, -0.1) is 0 Å². The first-order valence-corrected chi connectivity index (χ1v) is 8.40. The largest absolute Gasteiger partial charge is 0.447 e. The fraction of sp³-hybridized carbons (Fsp3) is 0.692. The van der Waals surface area contributed by atoms with Crippen LogP contribution >= 0.6 is 0 Å². The van der Waals surface area contributed by atoms with Crippen molar-refractivity contribution >= 4 is 10.0 Å². The molecule has 0 bridgehead atoms. The minimum Gasteiger partial charge on any atom is -0.447 e. The monoisotopic (exact) mass is 302 g/mol. The van der Waals surface area contributed by atoms with E-state index in [1.54, 1.807) is 6.07 Å². The maximum atomic E-state index is 11.5. The van der Waals surface area contributed by atoms with Crippen LogP contribution in [-0.4, -0.2) is 33.2 Å². The van der Waals surface area contributed by atoms with Gasteiger partial charge in [0.25, 0.3) is 10.0 Å². The highest BCUT2D eigenvalue weighted by molar-refractivity contribution is 7.89. The summed E-state index contributed by atoms with van der Waals surface area (Å²) in [5.74, 6) is 1.18. The van der Waals surface area contributed by atoms with Gasteiger partial charge in [-0.1, -0.05) is 0 Å². The van der Waals surface area contributed by atoms with Crippen molar-refractivity contribution < 1.29 is 17.9 Å². The zero-order valence-corrected chi connectivity index (χ0v) is 12.4. The standard InChI is InChI=1S/C13H22N2O4S/c1-14-20(17,18)13-7-6-12(19-13)9-15-8-10-2-4-11(16)5-3-10/h6-7,10-11,14-16H,2-5,8-9H2,1H3. The lowest BCUT2D eigenvalue weighted by atomic mass is 9.87. The van der Waals surface area contributed by atoms with Gasteiger partial charge in [-0.3, -0.25) is 0 Å². The van der Waals surface area contributed by atoms with Crippen LogP contribution in [0.4, 0.5) is 0 Å². The Morgan fingerprint density at radius 2 is 2.00 bits per heavy atom. The van der Waals surface area contributed by atoms with Crippen molar-refractivity contribution in [2.24, 2.45) is 5.92 Å². The zero-order valence-electron chi connectivity index (χ0n) is 11.6.